The van der Waals surface area contributed by atoms with Gasteiger partial charge in [-0.2, -0.15) is 5.10 Å². The summed E-state index contributed by atoms with van der Waals surface area (Å²) in [5, 5.41) is 4.90. The molecule has 6 heteroatoms. The third-order valence-corrected chi connectivity index (χ3v) is 3.84. The lowest BCUT2D eigenvalue weighted by Gasteiger charge is -2.35. The van der Waals surface area contributed by atoms with Crippen LogP contribution in [0.2, 0.25) is 5.02 Å². The van der Waals surface area contributed by atoms with Gasteiger partial charge < -0.3 is 9.64 Å². The van der Waals surface area contributed by atoms with E-state index in [0.717, 1.165) is 5.69 Å². The number of rotatable bonds is 2. The Kier molecular flexibility index (Phi) is 4.18. The maximum atomic E-state index is 12.6. The van der Waals surface area contributed by atoms with Crippen molar-refractivity contribution in [3.63, 3.8) is 0 Å². The van der Waals surface area contributed by atoms with Crippen molar-refractivity contribution in [2.45, 2.75) is 26.1 Å². The molecule has 1 saturated heterocycles. The van der Waals surface area contributed by atoms with E-state index in [0.29, 0.717) is 23.7 Å². The van der Waals surface area contributed by atoms with E-state index in [1.54, 1.807) is 23.1 Å². The van der Waals surface area contributed by atoms with E-state index in [1.807, 2.05) is 36.9 Å². The molecule has 2 unspecified atom stereocenters. The maximum absolute atomic E-state index is 12.6. The number of halogens is 1. The smallest absolute Gasteiger partial charge is 0.257 e. The Morgan fingerprint density at radius 2 is 2.05 bits per heavy atom. The van der Waals surface area contributed by atoms with Crippen LogP contribution < -0.4 is 0 Å². The van der Waals surface area contributed by atoms with Gasteiger partial charge in [0, 0.05) is 24.3 Å². The lowest BCUT2D eigenvalue weighted by Crippen LogP contribution is -2.48. The average molecular weight is 320 g/mol. The number of hydrogen-bond donors (Lipinski definition) is 0. The van der Waals surface area contributed by atoms with Crippen molar-refractivity contribution in [2.75, 3.05) is 13.1 Å². The van der Waals surface area contributed by atoms with E-state index in [4.69, 9.17) is 16.3 Å². The Hall–Kier alpha value is -1.85. The molecule has 2 aromatic rings. The molecule has 0 radical (unpaired) electrons. The number of aromatic nitrogens is 2. The predicted octanol–water partition coefficient (Wildman–Crippen LogP) is 2.78. The van der Waals surface area contributed by atoms with Crippen molar-refractivity contribution in [3.8, 4) is 5.69 Å². The first-order valence-corrected chi connectivity index (χ1v) is 7.66. The molecular formula is C16H18ClN3O2. The first-order valence-electron chi connectivity index (χ1n) is 7.28. The summed E-state index contributed by atoms with van der Waals surface area (Å²) in [6, 6.07) is 7.36. The Bertz CT molecular complexity index is 676. The van der Waals surface area contributed by atoms with Gasteiger partial charge in [-0.1, -0.05) is 17.7 Å². The van der Waals surface area contributed by atoms with Crippen molar-refractivity contribution in [1.82, 2.24) is 14.7 Å². The third-order valence-electron chi connectivity index (χ3n) is 3.61. The molecule has 116 valence electrons. The van der Waals surface area contributed by atoms with Crippen LogP contribution in [-0.2, 0) is 4.74 Å². The normalized spacial score (nSPS) is 21.9. The number of nitrogens with zero attached hydrogens (tertiary/aromatic N) is 3. The van der Waals surface area contributed by atoms with Gasteiger partial charge in [0.25, 0.3) is 5.91 Å². The summed E-state index contributed by atoms with van der Waals surface area (Å²) in [5.41, 5.74) is 1.40. The molecule has 0 bridgehead atoms. The molecule has 1 aliphatic heterocycles. The van der Waals surface area contributed by atoms with Gasteiger partial charge >= 0.3 is 0 Å². The van der Waals surface area contributed by atoms with E-state index >= 15 is 0 Å². The highest BCUT2D eigenvalue weighted by Crippen LogP contribution is 2.17. The van der Waals surface area contributed by atoms with Crippen LogP contribution in [-0.4, -0.2) is 45.9 Å². The molecule has 0 saturated carbocycles. The van der Waals surface area contributed by atoms with Gasteiger partial charge in [0.2, 0.25) is 0 Å². The zero-order valence-corrected chi connectivity index (χ0v) is 13.3. The van der Waals surface area contributed by atoms with E-state index < -0.39 is 0 Å². The van der Waals surface area contributed by atoms with E-state index in [2.05, 4.69) is 5.10 Å². The number of carbonyl (C=O) groups is 1. The lowest BCUT2D eigenvalue weighted by atomic mass is 10.2. The Morgan fingerprint density at radius 3 is 2.73 bits per heavy atom. The minimum absolute atomic E-state index is 0.0183. The molecule has 0 N–H and O–H groups in total. The van der Waals surface area contributed by atoms with Gasteiger partial charge in [0.1, 0.15) is 0 Å². The first kappa shape index (κ1) is 15.1. The van der Waals surface area contributed by atoms with Gasteiger partial charge in [0.15, 0.2) is 0 Å². The maximum Gasteiger partial charge on any atom is 0.257 e. The summed E-state index contributed by atoms with van der Waals surface area (Å²) in [6.45, 7) is 5.16. The minimum Gasteiger partial charge on any atom is -0.372 e. The van der Waals surface area contributed by atoms with Crippen LogP contribution in [0.5, 0.6) is 0 Å². The summed E-state index contributed by atoms with van der Waals surface area (Å²) in [6.07, 6.45) is 3.43. The summed E-state index contributed by atoms with van der Waals surface area (Å²) < 4.78 is 7.32. The fourth-order valence-electron chi connectivity index (χ4n) is 2.72. The molecule has 1 aromatic heterocycles. The van der Waals surface area contributed by atoms with Crippen molar-refractivity contribution >= 4 is 17.5 Å². The highest BCUT2D eigenvalue weighted by atomic mass is 35.5. The van der Waals surface area contributed by atoms with Crippen molar-refractivity contribution < 1.29 is 9.53 Å². The number of carbonyl (C=O) groups excluding carboxylic acids is 1. The molecule has 2 atom stereocenters. The second-order valence-corrected chi connectivity index (χ2v) is 6.06. The summed E-state index contributed by atoms with van der Waals surface area (Å²) in [4.78, 5) is 14.4. The Morgan fingerprint density at radius 1 is 1.32 bits per heavy atom. The summed E-state index contributed by atoms with van der Waals surface area (Å²) in [7, 11) is 0. The van der Waals surface area contributed by atoms with Gasteiger partial charge in [-0.3, -0.25) is 4.79 Å². The molecule has 1 aromatic carbocycles. The molecule has 5 nitrogen and oxygen atoms in total. The van der Waals surface area contributed by atoms with Crippen LogP contribution in [0.3, 0.4) is 0 Å². The zero-order valence-electron chi connectivity index (χ0n) is 12.6. The highest BCUT2D eigenvalue weighted by Gasteiger charge is 2.27. The number of hydrogen-bond acceptors (Lipinski definition) is 3. The molecule has 1 amide bonds. The average Bonchev–Trinajstić information content (AvgIpc) is 2.95. The highest BCUT2D eigenvalue weighted by molar-refractivity contribution is 6.30. The van der Waals surface area contributed by atoms with Gasteiger partial charge in [-0.15, -0.1) is 0 Å². The van der Waals surface area contributed by atoms with Gasteiger partial charge in [-0.05, 0) is 32.0 Å². The van der Waals surface area contributed by atoms with E-state index in [-0.39, 0.29) is 18.1 Å². The molecule has 3 rings (SSSR count). The Labute approximate surface area is 134 Å². The standard InChI is InChI=1S/C16H18ClN3O2/c1-11-8-19(9-12(2)22-11)16(21)13-7-18-20(10-13)15-5-3-4-14(17)6-15/h3-7,10-12H,8-9H2,1-2H3. The SMILES string of the molecule is CC1CN(C(=O)c2cnn(-c3cccc(Cl)c3)c2)CC(C)O1. The van der Waals surface area contributed by atoms with Crippen LogP contribution in [0.25, 0.3) is 5.69 Å². The van der Waals surface area contributed by atoms with E-state index in [1.165, 1.54) is 0 Å². The molecule has 0 spiro atoms. The fourth-order valence-corrected chi connectivity index (χ4v) is 2.90. The predicted molar refractivity (Wildman–Crippen MR) is 84.5 cm³/mol. The monoisotopic (exact) mass is 319 g/mol. The van der Waals surface area contributed by atoms with Crippen molar-refractivity contribution in [1.29, 1.82) is 0 Å². The quantitative estimate of drug-likeness (QED) is 0.855. The number of benzene rings is 1. The lowest BCUT2D eigenvalue weighted by molar-refractivity contribution is -0.0586. The van der Waals surface area contributed by atoms with E-state index in [9.17, 15) is 4.79 Å². The van der Waals surface area contributed by atoms with Gasteiger partial charge in [-0.25, -0.2) is 4.68 Å². The molecule has 1 fully saturated rings. The largest absolute Gasteiger partial charge is 0.372 e. The van der Waals surface area contributed by atoms with Crippen LogP contribution in [0, 0.1) is 0 Å². The minimum atomic E-state index is -0.0183. The van der Waals surface area contributed by atoms with Crippen molar-refractivity contribution in [3.05, 3.63) is 47.2 Å². The molecule has 1 aliphatic rings. The van der Waals surface area contributed by atoms with Crippen molar-refractivity contribution in [2.24, 2.45) is 0 Å². The first-order chi connectivity index (χ1) is 10.5. The summed E-state index contributed by atoms with van der Waals surface area (Å²) >= 11 is 5.99. The van der Waals surface area contributed by atoms with Gasteiger partial charge in [0.05, 0.1) is 29.7 Å². The fraction of sp³-hybridized carbons (Fsp3) is 0.375. The number of morpholine rings is 1. The van der Waals surface area contributed by atoms with Crippen LogP contribution in [0.1, 0.15) is 24.2 Å². The van der Waals surface area contributed by atoms with Crippen LogP contribution in [0.4, 0.5) is 0 Å². The molecule has 22 heavy (non-hydrogen) atoms. The zero-order chi connectivity index (χ0) is 15.7. The van der Waals surface area contributed by atoms with Crippen LogP contribution in [0.15, 0.2) is 36.7 Å². The Balaban J connectivity index is 1.80. The topological polar surface area (TPSA) is 47.4 Å². The third kappa shape index (κ3) is 3.15. The second-order valence-electron chi connectivity index (χ2n) is 5.62. The number of amides is 1. The van der Waals surface area contributed by atoms with Crippen LogP contribution >= 0.6 is 11.6 Å². The summed E-state index contributed by atoms with van der Waals surface area (Å²) in [5.74, 6) is -0.0183. The molecular weight excluding hydrogens is 302 g/mol. The number of ether oxygens (including phenoxy) is 1. The second kappa shape index (κ2) is 6.10. The molecule has 0 aliphatic carbocycles. The molecule has 2 heterocycles.